The molecule has 7 nitrogen and oxygen atoms in total. The number of aromatic nitrogens is 5. The van der Waals surface area contributed by atoms with Crippen molar-refractivity contribution in [2.24, 2.45) is 0 Å². The van der Waals surface area contributed by atoms with Crippen LogP contribution >= 0.6 is 0 Å². The molecule has 20 heavy (non-hydrogen) atoms. The van der Waals surface area contributed by atoms with Gasteiger partial charge in [0.1, 0.15) is 0 Å². The molecule has 3 rings (SSSR count). The number of rotatable bonds is 4. The third-order valence-electron chi connectivity index (χ3n) is 3.80. The first kappa shape index (κ1) is 13.2. The predicted molar refractivity (Wildman–Crippen MR) is 76.7 cm³/mol. The Hall–Kier alpha value is -1.76. The lowest BCUT2D eigenvalue weighted by atomic mass is 10.0. The van der Waals surface area contributed by atoms with E-state index in [0.717, 1.165) is 18.9 Å². The van der Waals surface area contributed by atoms with Gasteiger partial charge in [0.05, 0.1) is 0 Å². The van der Waals surface area contributed by atoms with Gasteiger partial charge >= 0.3 is 0 Å². The normalized spacial score (nSPS) is 19.6. The first-order valence-corrected chi connectivity index (χ1v) is 7.29. The van der Waals surface area contributed by atoms with E-state index in [9.17, 15) is 0 Å². The van der Waals surface area contributed by atoms with Gasteiger partial charge in [-0.2, -0.15) is 0 Å². The fourth-order valence-corrected chi connectivity index (χ4v) is 2.68. The number of tetrazole rings is 1. The third kappa shape index (κ3) is 2.72. The molecule has 1 atom stereocenters. The maximum absolute atomic E-state index is 4.50. The van der Waals surface area contributed by atoms with Gasteiger partial charge < -0.3 is 10.2 Å². The van der Waals surface area contributed by atoms with Crippen molar-refractivity contribution in [2.45, 2.75) is 45.2 Å². The summed E-state index contributed by atoms with van der Waals surface area (Å²) in [6, 6.07) is 4.83. The first-order chi connectivity index (χ1) is 9.74. The van der Waals surface area contributed by atoms with E-state index in [4.69, 9.17) is 0 Å². The van der Waals surface area contributed by atoms with E-state index in [1.165, 1.54) is 23.9 Å². The zero-order chi connectivity index (χ0) is 13.9. The smallest absolute Gasteiger partial charge is 0.200 e. The van der Waals surface area contributed by atoms with Gasteiger partial charge in [-0.25, -0.2) is 0 Å². The zero-order valence-corrected chi connectivity index (χ0v) is 12.0. The lowest BCUT2D eigenvalue weighted by molar-refractivity contribution is 0.392. The van der Waals surface area contributed by atoms with Gasteiger partial charge in [-0.05, 0) is 55.8 Å². The molecular weight excluding hydrogens is 254 g/mol. The molecule has 0 bridgehead atoms. The molecule has 0 aliphatic carbocycles. The van der Waals surface area contributed by atoms with Crippen molar-refractivity contribution in [1.82, 2.24) is 30.6 Å². The zero-order valence-electron chi connectivity index (χ0n) is 12.0. The SMILES string of the molecule is CC(C)N(CC1CCCCN1)c1ccc2nnnn2n1. The summed E-state index contributed by atoms with van der Waals surface area (Å²) in [4.78, 5) is 2.31. The van der Waals surface area contributed by atoms with Gasteiger partial charge in [0.2, 0.25) is 0 Å². The summed E-state index contributed by atoms with van der Waals surface area (Å²) in [6.45, 7) is 6.47. The third-order valence-corrected chi connectivity index (χ3v) is 3.80. The van der Waals surface area contributed by atoms with E-state index in [1.807, 2.05) is 12.1 Å². The van der Waals surface area contributed by atoms with Gasteiger partial charge in [0.15, 0.2) is 11.5 Å². The van der Waals surface area contributed by atoms with Crippen molar-refractivity contribution in [2.75, 3.05) is 18.0 Å². The summed E-state index contributed by atoms with van der Waals surface area (Å²) < 4.78 is 1.49. The molecule has 1 aliphatic rings. The fraction of sp³-hybridized carbons (Fsp3) is 0.692. The van der Waals surface area contributed by atoms with Crippen LogP contribution in [0, 0.1) is 0 Å². The Bertz CT molecular complexity index is 559. The summed E-state index contributed by atoms with van der Waals surface area (Å²) in [5, 5.41) is 19.5. The van der Waals surface area contributed by atoms with Crippen LogP contribution < -0.4 is 10.2 Å². The van der Waals surface area contributed by atoms with Crippen LogP contribution in [0.3, 0.4) is 0 Å². The van der Waals surface area contributed by atoms with Gasteiger partial charge in [-0.3, -0.25) is 0 Å². The number of nitrogens with one attached hydrogen (secondary N) is 1. The highest BCUT2D eigenvalue weighted by molar-refractivity contribution is 5.45. The minimum atomic E-state index is 0.389. The Morgan fingerprint density at radius 2 is 2.30 bits per heavy atom. The summed E-state index contributed by atoms with van der Waals surface area (Å²) >= 11 is 0. The average Bonchev–Trinajstić information content (AvgIpc) is 2.93. The van der Waals surface area contributed by atoms with Crippen LogP contribution in [0.5, 0.6) is 0 Å². The molecule has 1 aliphatic heterocycles. The largest absolute Gasteiger partial charge is 0.351 e. The van der Waals surface area contributed by atoms with Crippen LogP contribution in [-0.2, 0) is 0 Å². The molecule has 3 heterocycles. The van der Waals surface area contributed by atoms with E-state index >= 15 is 0 Å². The monoisotopic (exact) mass is 275 g/mol. The molecule has 1 fully saturated rings. The molecule has 0 spiro atoms. The van der Waals surface area contributed by atoms with Gasteiger partial charge in [0.25, 0.3) is 0 Å². The first-order valence-electron chi connectivity index (χ1n) is 7.29. The van der Waals surface area contributed by atoms with Crippen molar-refractivity contribution >= 4 is 11.5 Å². The second kappa shape index (κ2) is 5.70. The second-order valence-corrected chi connectivity index (χ2v) is 5.61. The number of anilines is 1. The van der Waals surface area contributed by atoms with Crippen LogP contribution in [0.1, 0.15) is 33.1 Å². The van der Waals surface area contributed by atoms with Crippen LogP contribution in [0.15, 0.2) is 12.1 Å². The molecule has 2 aromatic rings. The fourth-order valence-electron chi connectivity index (χ4n) is 2.68. The summed E-state index contributed by atoms with van der Waals surface area (Å²) in [6.07, 6.45) is 3.83. The molecule has 1 saturated heterocycles. The Morgan fingerprint density at radius 3 is 3.05 bits per heavy atom. The lowest BCUT2D eigenvalue weighted by Gasteiger charge is -2.33. The predicted octanol–water partition coefficient (Wildman–Crippen LogP) is 0.876. The maximum atomic E-state index is 4.50. The van der Waals surface area contributed by atoms with E-state index in [-0.39, 0.29) is 0 Å². The highest BCUT2D eigenvalue weighted by Crippen LogP contribution is 2.17. The Balaban J connectivity index is 1.81. The van der Waals surface area contributed by atoms with Crippen molar-refractivity contribution in [1.29, 1.82) is 0 Å². The minimum Gasteiger partial charge on any atom is -0.351 e. The molecule has 0 radical (unpaired) electrons. The molecule has 0 amide bonds. The van der Waals surface area contributed by atoms with Crippen LogP contribution in [0.25, 0.3) is 5.65 Å². The van der Waals surface area contributed by atoms with Crippen LogP contribution in [-0.4, -0.2) is 50.4 Å². The highest BCUT2D eigenvalue weighted by Gasteiger charge is 2.20. The molecular formula is C13H21N7. The topological polar surface area (TPSA) is 71.2 Å². The van der Waals surface area contributed by atoms with E-state index in [1.54, 1.807) is 0 Å². The van der Waals surface area contributed by atoms with E-state index < -0.39 is 0 Å². The number of hydrogen-bond acceptors (Lipinski definition) is 6. The van der Waals surface area contributed by atoms with E-state index in [0.29, 0.717) is 17.7 Å². The molecule has 0 aromatic carbocycles. The number of hydrogen-bond donors (Lipinski definition) is 1. The summed E-state index contributed by atoms with van der Waals surface area (Å²) in [5.74, 6) is 0.923. The van der Waals surface area contributed by atoms with Crippen molar-refractivity contribution < 1.29 is 0 Å². The Kier molecular flexibility index (Phi) is 3.77. The molecule has 1 N–H and O–H groups in total. The van der Waals surface area contributed by atoms with Crippen LogP contribution in [0.4, 0.5) is 5.82 Å². The van der Waals surface area contributed by atoms with Crippen molar-refractivity contribution in [3.8, 4) is 0 Å². The quantitative estimate of drug-likeness (QED) is 0.893. The summed E-state index contributed by atoms with van der Waals surface area (Å²) in [5.41, 5.74) is 0.674. The molecule has 7 heteroatoms. The average molecular weight is 275 g/mol. The van der Waals surface area contributed by atoms with Gasteiger partial charge in [0, 0.05) is 18.6 Å². The van der Waals surface area contributed by atoms with Crippen LogP contribution in [0.2, 0.25) is 0 Å². The van der Waals surface area contributed by atoms with Crippen molar-refractivity contribution in [3.63, 3.8) is 0 Å². The number of piperidine rings is 1. The standard InChI is InChI=1S/C13H21N7/c1-10(2)19(9-11-5-3-4-8-14-11)13-7-6-12-15-17-18-20(12)16-13/h6-7,10-11,14H,3-5,8-9H2,1-2H3. The summed E-state index contributed by atoms with van der Waals surface area (Å²) in [7, 11) is 0. The molecule has 0 saturated carbocycles. The number of fused-ring (bicyclic) bond motifs is 1. The van der Waals surface area contributed by atoms with E-state index in [2.05, 4.69) is 44.7 Å². The maximum Gasteiger partial charge on any atom is 0.200 e. The highest BCUT2D eigenvalue weighted by atomic mass is 15.6. The lowest BCUT2D eigenvalue weighted by Crippen LogP contribution is -2.46. The molecule has 108 valence electrons. The Morgan fingerprint density at radius 1 is 1.40 bits per heavy atom. The second-order valence-electron chi connectivity index (χ2n) is 5.61. The Labute approximate surface area is 118 Å². The number of nitrogens with zero attached hydrogens (tertiary/aromatic N) is 6. The van der Waals surface area contributed by atoms with Crippen molar-refractivity contribution in [3.05, 3.63) is 12.1 Å². The molecule has 1 unspecified atom stereocenters. The minimum absolute atomic E-state index is 0.389. The van der Waals surface area contributed by atoms with Gasteiger partial charge in [-0.15, -0.1) is 14.8 Å². The van der Waals surface area contributed by atoms with Gasteiger partial charge in [-0.1, -0.05) is 6.42 Å². The molecule has 2 aromatic heterocycles.